The molecule has 4 nitrogen and oxygen atoms in total. The van der Waals surface area contributed by atoms with Crippen molar-refractivity contribution in [3.63, 3.8) is 0 Å². The lowest BCUT2D eigenvalue weighted by Crippen LogP contribution is -2.51. The lowest BCUT2D eigenvalue weighted by Gasteiger charge is -2.37. The molecule has 1 fully saturated rings. The van der Waals surface area contributed by atoms with Crippen LogP contribution in [0, 0.1) is 5.92 Å². The van der Waals surface area contributed by atoms with E-state index in [9.17, 15) is 4.79 Å². The quantitative estimate of drug-likeness (QED) is 0.781. The Morgan fingerprint density at radius 1 is 1.38 bits per heavy atom. The molecular weight excluding hydrogens is 262 g/mol. The summed E-state index contributed by atoms with van der Waals surface area (Å²) in [7, 11) is 0. The topological polar surface area (TPSA) is 67.2 Å². The number of rotatable bonds is 2. The maximum Gasteiger partial charge on any atom is 0.229 e. The van der Waals surface area contributed by atoms with Gasteiger partial charge in [0.15, 0.2) is 0 Å². The van der Waals surface area contributed by atoms with Gasteiger partial charge in [0.25, 0.3) is 0 Å². The zero-order valence-corrected chi connectivity index (χ0v) is 12.7. The van der Waals surface area contributed by atoms with Crippen molar-refractivity contribution in [3.05, 3.63) is 29.3 Å². The van der Waals surface area contributed by atoms with Crippen LogP contribution in [0.5, 0.6) is 0 Å². The van der Waals surface area contributed by atoms with Crippen LogP contribution in [-0.4, -0.2) is 18.0 Å². The Morgan fingerprint density at radius 3 is 3.05 bits per heavy atom. The molecule has 3 rings (SSSR count). The summed E-state index contributed by atoms with van der Waals surface area (Å²) in [6, 6.07) is 6.24. The molecule has 0 spiro atoms. The number of anilines is 1. The van der Waals surface area contributed by atoms with Crippen LogP contribution in [0.4, 0.5) is 5.69 Å². The highest BCUT2D eigenvalue weighted by atomic mass is 16.1. The fourth-order valence-electron chi connectivity index (χ4n) is 3.58. The van der Waals surface area contributed by atoms with Gasteiger partial charge in [-0.25, -0.2) is 0 Å². The van der Waals surface area contributed by atoms with Gasteiger partial charge in [-0.05, 0) is 56.0 Å². The third-order valence-electron chi connectivity index (χ3n) is 4.93. The fraction of sp³-hybridized carbons (Fsp3) is 0.588. The van der Waals surface area contributed by atoms with Crippen LogP contribution in [0.1, 0.15) is 43.7 Å². The number of carbonyl (C=O) groups is 1. The van der Waals surface area contributed by atoms with Crippen molar-refractivity contribution < 1.29 is 4.79 Å². The van der Waals surface area contributed by atoms with Crippen molar-refractivity contribution in [2.45, 2.75) is 51.1 Å². The largest absolute Gasteiger partial charge is 0.326 e. The maximum atomic E-state index is 12.5. The highest BCUT2D eigenvalue weighted by Crippen LogP contribution is 2.32. The molecule has 0 aromatic heterocycles. The lowest BCUT2D eigenvalue weighted by molar-refractivity contribution is -0.122. The number of benzene rings is 1. The molecule has 1 aromatic rings. The first-order valence-corrected chi connectivity index (χ1v) is 7.98. The van der Waals surface area contributed by atoms with Gasteiger partial charge in [0.2, 0.25) is 5.91 Å². The van der Waals surface area contributed by atoms with Crippen LogP contribution in [-0.2, 0) is 17.8 Å². The summed E-state index contributed by atoms with van der Waals surface area (Å²) >= 11 is 0. The SMILES string of the molecule is CC1(N)CCCCC1C(=O)Nc1ccc2c(c1)CNCC2. The third kappa shape index (κ3) is 3.11. The van der Waals surface area contributed by atoms with Gasteiger partial charge in [-0.3, -0.25) is 4.79 Å². The number of hydrogen-bond donors (Lipinski definition) is 3. The van der Waals surface area contributed by atoms with Crippen LogP contribution in [0.25, 0.3) is 0 Å². The summed E-state index contributed by atoms with van der Waals surface area (Å²) in [6.07, 6.45) is 5.11. The molecule has 2 unspecified atom stereocenters. The zero-order valence-electron chi connectivity index (χ0n) is 12.7. The van der Waals surface area contributed by atoms with E-state index in [2.05, 4.69) is 22.8 Å². The molecule has 21 heavy (non-hydrogen) atoms. The van der Waals surface area contributed by atoms with Crippen LogP contribution in [0.2, 0.25) is 0 Å². The second-order valence-corrected chi connectivity index (χ2v) is 6.70. The number of nitrogens with one attached hydrogen (secondary N) is 2. The number of hydrogen-bond acceptors (Lipinski definition) is 3. The molecule has 2 atom stereocenters. The Hall–Kier alpha value is -1.39. The third-order valence-corrected chi connectivity index (χ3v) is 4.93. The standard InChI is InChI=1S/C17H25N3O/c1-17(18)8-3-2-4-15(17)16(21)20-14-6-5-12-7-9-19-11-13(12)10-14/h5-6,10,15,19H,2-4,7-9,11,18H2,1H3,(H,20,21). The summed E-state index contributed by atoms with van der Waals surface area (Å²) in [6.45, 7) is 3.93. The molecule has 1 aliphatic carbocycles. The van der Waals surface area contributed by atoms with Gasteiger partial charge < -0.3 is 16.4 Å². The van der Waals surface area contributed by atoms with E-state index in [0.717, 1.165) is 50.9 Å². The van der Waals surface area contributed by atoms with Gasteiger partial charge in [-0.1, -0.05) is 18.9 Å². The summed E-state index contributed by atoms with van der Waals surface area (Å²) in [5.41, 5.74) is 9.50. The normalized spacial score (nSPS) is 28.8. The van der Waals surface area contributed by atoms with Crippen LogP contribution >= 0.6 is 0 Å². The maximum absolute atomic E-state index is 12.5. The van der Waals surface area contributed by atoms with Crippen molar-refractivity contribution >= 4 is 11.6 Å². The minimum absolute atomic E-state index is 0.0726. The minimum atomic E-state index is -0.377. The Labute approximate surface area is 126 Å². The van der Waals surface area contributed by atoms with Crippen molar-refractivity contribution in [3.8, 4) is 0 Å². The minimum Gasteiger partial charge on any atom is -0.326 e. The molecule has 1 aromatic carbocycles. The highest BCUT2D eigenvalue weighted by Gasteiger charge is 2.37. The van der Waals surface area contributed by atoms with Crippen LogP contribution in [0.15, 0.2) is 18.2 Å². The predicted octanol–water partition coefficient (Wildman–Crippen LogP) is 2.18. The van der Waals surface area contributed by atoms with Gasteiger partial charge in [0.05, 0.1) is 5.92 Å². The molecule has 1 aliphatic heterocycles. The van der Waals surface area contributed by atoms with Crippen molar-refractivity contribution in [1.82, 2.24) is 5.32 Å². The number of nitrogens with two attached hydrogens (primary N) is 1. The molecule has 4 N–H and O–H groups in total. The Kier molecular flexibility index (Phi) is 4.00. The first kappa shape index (κ1) is 14.5. The van der Waals surface area contributed by atoms with E-state index in [4.69, 9.17) is 5.73 Å². The van der Waals surface area contributed by atoms with Crippen LogP contribution in [0.3, 0.4) is 0 Å². The van der Waals surface area contributed by atoms with E-state index in [0.29, 0.717) is 0 Å². The Balaban J connectivity index is 1.72. The number of carbonyl (C=O) groups excluding carboxylic acids is 1. The van der Waals surface area contributed by atoms with E-state index in [1.807, 2.05) is 13.0 Å². The van der Waals surface area contributed by atoms with Gasteiger partial charge >= 0.3 is 0 Å². The first-order chi connectivity index (χ1) is 10.1. The molecule has 2 aliphatic rings. The van der Waals surface area contributed by atoms with Crippen molar-refractivity contribution in [2.75, 3.05) is 11.9 Å². The summed E-state index contributed by atoms with van der Waals surface area (Å²) < 4.78 is 0. The van der Waals surface area contributed by atoms with Crippen molar-refractivity contribution in [1.29, 1.82) is 0 Å². The van der Waals surface area contributed by atoms with E-state index in [-0.39, 0.29) is 17.4 Å². The van der Waals surface area contributed by atoms with Gasteiger partial charge in [0.1, 0.15) is 0 Å². The zero-order chi connectivity index (χ0) is 14.9. The van der Waals surface area contributed by atoms with E-state index >= 15 is 0 Å². The van der Waals surface area contributed by atoms with Gasteiger partial charge in [-0.2, -0.15) is 0 Å². The molecule has 0 radical (unpaired) electrons. The molecule has 1 heterocycles. The van der Waals surface area contributed by atoms with E-state index in [1.165, 1.54) is 11.1 Å². The van der Waals surface area contributed by atoms with Gasteiger partial charge in [0, 0.05) is 17.8 Å². The fourth-order valence-corrected chi connectivity index (χ4v) is 3.58. The van der Waals surface area contributed by atoms with E-state index in [1.54, 1.807) is 0 Å². The summed E-state index contributed by atoms with van der Waals surface area (Å²) in [5, 5.41) is 6.44. The first-order valence-electron chi connectivity index (χ1n) is 7.98. The molecule has 114 valence electrons. The monoisotopic (exact) mass is 287 g/mol. The summed E-state index contributed by atoms with van der Waals surface area (Å²) in [5.74, 6) is -0.0103. The average Bonchev–Trinajstić information content (AvgIpc) is 2.46. The Bertz CT molecular complexity index is 539. The lowest BCUT2D eigenvalue weighted by atomic mass is 9.74. The molecular formula is C17H25N3O. The second kappa shape index (κ2) is 5.78. The van der Waals surface area contributed by atoms with Gasteiger partial charge in [-0.15, -0.1) is 0 Å². The van der Waals surface area contributed by atoms with E-state index < -0.39 is 0 Å². The average molecular weight is 287 g/mol. The highest BCUT2D eigenvalue weighted by molar-refractivity contribution is 5.93. The summed E-state index contributed by atoms with van der Waals surface area (Å²) in [4.78, 5) is 12.5. The molecule has 4 heteroatoms. The molecule has 1 saturated carbocycles. The van der Waals surface area contributed by atoms with Crippen molar-refractivity contribution in [2.24, 2.45) is 11.7 Å². The Morgan fingerprint density at radius 2 is 2.24 bits per heavy atom. The second-order valence-electron chi connectivity index (χ2n) is 6.70. The predicted molar refractivity (Wildman–Crippen MR) is 85.0 cm³/mol. The molecule has 0 bridgehead atoms. The molecule has 0 saturated heterocycles. The number of fused-ring (bicyclic) bond motifs is 1. The smallest absolute Gasteiger partial charge is 0.229 e. The van der Waals surface area contributed by atoms with Crippen LogP contribution < -0.4 is 16.4 Å². The number of amides is 1. The molecule has 1 amide bonds.